The highest BCUT2D eigenvalue weighted by molar-refractivity contribution is 5.20. The Balaban J connectivity index is 2.29. The van der Waals surface area contributed by atoms with E-state index in [9.17, 15) is 5.11 Å². The van der Waals surface area contributed by atoms with Gasteiger partial charge in [-0.3, -0.25) is 0 Å². The van der Waals surface area contributed by atoms with Crippen LogP contribution in [0.15, 0.2) is 24.8 Å². The Labute approximate surface area is 85.3 Å². The second kappa shape index (κ2) is 3.52. The van der Waals surface area contributed by atoms with Crippen molar-refractivity contribution in [2.24, 2.45) is 0 Å². The van der Waals surface area contributed by atoms with Crippen LogP contribution in [0, 0.1) is 0 Å². The Hall–Kier alpha value is -0.600. The smallest absolute Gasteiger partial charge is 0.115 e. The van der Waals surface area contributed by atoms with E-state index in [0.29, 0.717) is 6.42 Å². The molecule has 0 radical (unpaired) electrons. The van der Waals surface area contributed by atoms with Crippen molar-refractivity contribution in [2.45, 2.75) is 43.3 Å². The van der Waals surface area contributed by atoms with Crippen molar-refractivity contribution in [3.63, 3.8) is 0 Å². The van der Waals surface area contributed by atoms with E-state index in [1.54, 1.807) is 6.08 Å². The van der Waals surface area contributed by atoms with Gasteiger partial charge in [0.05, 0.1) is 0 Å². The third-order valence-electron chi connectivity index (χ3n) is 3.46. The lowest BCUT2D eigenvalue weighted by Crippen LogP contribution is -2.53. The number of hydrogen-bond donors (Lipinski definition) is 1. The second-order valence-corrected chi connectivity index (χ2v) is 4.30. The molecule has 1 spiro atoms. The van der Waals surface area contributed by atoms with Crippen LogP contribution in [0.1, 0.15) is 32.1 Å². The van der Waals surface area contributed by atoms with E-state index in [-0.39, 0.29) is 5.60 Å². The van der Waals surface area contributed by atoms with Gasteiger partial charge < -0.3 is 9.84 Å². The molecule has 0 aromatic heterocycles. The van der Waals surface area contributed by atoms with E-state index in [4.69, 9.17) is 4.74 Å². The average molecular weight is 194 g/mol. The molecule has 14 heavy (non-hydrogen) atoms. The first kappa shape index (κ1) is 9.94. The fourth-order valence-corrected chi connectivity index (χ4v) is 2.67. The molecular weight excluding hydrogens is 176 g/mol. The molecule has 1 heterocycles. The van der Waals surface area contributed by atoms with E-state index in [1.165, 1.54) is 0 Å². The molecule has 1 aliphatic carbocycles. The van der Waals surface area contributed by atoms with Crippen LogP contribution in [0.5, 0.6) is 0 Å². The van der Waals surface area contributed by atoms with Crippen LogP contribution in [-0.2, 0) is 4.74 Å². The molecule has 2 aliphatic rings. The molecule has 78 valence electrons. The fraction of sp³-hybridized carbons (Fsp3) is 0.667. The number of ether oxygens (including phenoxy) is 1. The number of rotatable bonds is 2. The van der Waals surface area contributed by atoms with Crippen molar-refractivity contribution in [2.75, 3.05) is 6.61 Å². The lowest BCUT2D eigenvalue weighted by atomic mass is 9.72. The van der Waals surface area contributed by atoms with Crippen molar-refractivity contribution >= 4 is 0 Å². The van der Waals surface area contributed by atoms with Crippen molar-refractivity contribution in [1.82, 2.24) is 0 Å². The van der Waals surface area contributed by atoms with Gasteiger partial charge in [0.1, 0.15) is 11.2 Å². The van der Waals surface area contributed by atoms with Crippen LogP contribution in [0.2, 0.25) is 0 Å². The SMILES string of the molecule is C=CC[C@@]1(O)C=CCC[C@@]12CCCO2. The Kier molecular flexibility index (Phi) is 2.50. The van der Waals surface area contributed by atoms with Crippen molar-refractivity contribution in [3.05, 3.63) is 24.8 Å². The third kappa shape index (κ3) is 1.33. The van der Waals surface area contributed by atoms with Gasteiger partial charge in [-0.1, -0.05) is 18.2 Å². The monoisotopic (exact) mass is 194 g/mol. The van der Waals surface area contributed by atoms with Gasteiger partial charge in [-0.25, -0.2) is 0 Å². The number of allylic oxidation sites excluding steroid dienone is 1. The van der Waals surface area contributed by atoms with Crippen LogP contribution in [-0.4, -0.2) is 22.9 Å². The summed E-state index contributed by atoms with van der Waals surface area (Å²) in [4.78, 5) is 0. The maximum Gasteiger partial charge on any atom is 0.115 e. The van der Waals surface area contributed by atoms with Crippen LogP contribution < -0.4 is 0 Å². The highest BCUT2D eigenvalue weighted by atomic mass is 16.5. The first-order valence-electron chi connectivity index (χ1n) is 5.37. The molecule has 0 bridgehead atoms. The second-order valence-electron chi connectivity index (χ2n) is 4.30. The standard InChI is InChI=1S/C12H18O2/c1-2-6-11(13)7-3-4-8-12(11)9-5-10-14-12/h2-3,7,13H,1,4-6,8-10H2/t11-,12-/m1/s1. The summed E-state index contributed by atoms with van der Waals surface area (Å²) >= 11 is 0. The van der Waals surface area contributed by atoms with Gasteiger partial charge in [0, 0.05) is 13.0 Å². The highest BCUT2D eigenvalue weighted by Gasteiger charge is 2.51. The Morgan fingerprint density at radius 1 is 1.50 bits per heavy atom. The van der Waals surface area contributed by atoms with E-state index >= 15 is 0 Å². The predicted molar refractivity (Wildman–Crippen MR) is 56.1 cm³/mol. The molecule has 0 saturated carbocycles. The van der Waals surface area contributed by atoms with Crippen LogP contribution in [0.4, 0.5) is 0 Å². The van der Waals surface area contributed by atoms with Crippen LogP contribution >= 0.6 is 0 Å². The topological polar surface area (TPSA) is 29.5 Å². The van der Waals surface area contributed by atoms with Gasteiger partial charge >= 0.3 is 0 Å². The van der Waals surface area contributed by atoms with Crippen molar-refractivity contribution in [1.29, 1.82) is 0 Å². The van der Waals surface area contributed by atoms with Gasteiger partial charge in [-0.15, -0.1) is 6.58 Å². The molecule has 2 nitrogen and oxygen atoms in total. The molecule has 0 aromatic carbocycles. The molecule has 0 aromatic rings. The van der Waals surface area contributed by atoms with Crippen LogP contribution in [0.3, 0.4) is 0 Å². The molecule has 2 rings (SSSR count). The van der Waals surface area contributed by atoms with E-state index in [2.05, 4.69) is 12.7 Å². The first-order chi connectivity index (χ1) is 6.72. The molecule has 1 N–H and O–H groups in total. The maximum absolute atomic E-state index is 10.5. The van der Waals surface area contributed by atoms with Crippen molar-refractivity contribution < 1.29 is 9.84 Å². The quantitative estimate of drug-likeness (QED) is 0.683. The largest absolute Gasteiger partial charge is 0.382 e. The Morgan fingerprint density at radius 3 is 3.00 bits per heavy atom. The molecule has 0 unspecified atom stereocenters. The highest BCUT2D eigenvalue weighted by Crippen LogP contribution is 2.45. The van der Waals surface area contributed by atoms with E-state index in [0.717, 1.165) is 32.3 Å². The summed E-state index contributed by atoms with van der Waals surface area (Å²) in [5, 5.41) is 10.5. The summed E-state index contributed by atoms with van der Waals surface area (Å²) in [5.74, 6) is 0. The van der Waals surface area contributed by atoms with Gasteiger partial charge in [0.15, 0.2) is 0 Å². The van der Waals surface area contributed by atoms with Gasteiger partial charge in [0.25, 0.3) is 0 Å². The lowest BCUT2D eigenvalue weighted by Gasteiger charge is -2.44. The molecule has 0 amide bonds. The normalized spacial score (nSPS) is 41.8. The number of hydrogen-bond acceptors (Lipinski definition) is 2. The summed E-state index contributed by atoms with van der Waals surface area (Å²) in [6.45, 7) is 4.49. The zero-order valence-corrected chi connectivity index (χ0v) is 8.54. The Morgan fingerprint density at radius 2 is 2.36 bits per heavy atom. The van der Waals surface area contributed by atoms with Crippen LogP contribution in [0.25, 0.3) is 0 Å². The molecule has 1 fully saturated rings. The summed E-state index contributed by atoms with van der Waals surface area (Å²) < 4.78 is 5.80. The van der Waals surface area contributed by atoms with Gasteiger partial charge in [-0.05, 0) is 25.7 Å². The van der Waals surface area contributed by atoms with E-state index in [1.807, 2.05) is 6.08 Å². The molecular formula is C12H18O2. The minimum Gasteiger partial charge on any atom is -0.382 e. The lowest BCUT2D eigenvalue weighted by molar-refractivity contribution is -0.140. The summed E-state index contributed by atoms with van der Waals surface area (Å²) in [7, 11) is 0. The summed E-state index contributed by atoms with van der Waals surface area (Å²) in [5.41, 5.74) is -1.14. The maximum atomic E-state index is 10.5. The zero-order valence-electron chi connectivity index (χ0n) is 8.54. The fourth-order valence-electron chi connectivity index (χ4n) is 2.67. The van der Waals surface area contributed by atoms with Gasteiger partial charge in [0.2, 0.25) is 0 Å². The predicted octanol–water partition coefficient (Wildman–Crippen LogP) is 2.19. The minimum absolute atomic E-state index is 0.323. The van der Waals surface area contributed by atoms with E-state index < -0.39 is 5.60 Å². The molecule has 1 saturated heterocycles. The molecule has 2 heteroatoms. The third-order valence-corrected chi connectivity index (χ3v) is 3.46. The summed E-state index contributed by atoms with van der Waals surface area (Å²) in [6.07, 6.45) is 10.3. The van der Waals surface area contributed by atoms with Crippen molar-refractivity contribution in [3.8, 4) is 0 Å². The first-order valence-corrected chi connectivity index (χ1v) is 5.37. The number of aliphatic hydroxyl groups is 1. The summed E-state index contributed by atoms with van der Waals surface area (Å²) in [6, 6.07) is 0. The Bertz CT molecular complexity index is 251. The minimum atomic E-state index is -0.816. The zero-order chi connectivity index (χ0) is 10.1. The molecule has 1 aliphatic heterocycles. The average Bonchev–Trinajstić information content (AvgIpc) is 2.62. The molecule has 2 atom stereocenters. The van der Waals surface area contributed by atoms with Gasteiger partial charge in [-0.2, -0.15) is 0 Å².